The van der Waals surface area contributed by atoms with Crippen molar-refractivity contribution in [1.82, 2.24) is 4.90 Å². The van der Waals surface area contributed by atoms with Gasteiger partial charge in [0.05, 0.1) is 10.6 Å². The lowest BCUT2D eigenvalue weighted by Crippen LogP contribution is -2.21. The van der Waals surface area contributed by atoms with E-state index in [-0.39, 0.29) is 11.9 Å². The molecular formula is C12H14BrF2NO2. The van der Waals surface area contributed by atoms with Gasteiger partial charge >= 0.3 is 6.61 Å². The van der Waals surface area contributed by atoms with Crippen LogP contribution in [0.4, 0.5) is 8.78 Å². The van der Waals surface area contributed by atoms with Gasteiger partial charge in [0, 0.05) is 19.6 Å². The van der Waals surface area contributed by atoms with E-state index in [1.165, 1.54) is 6.07 Å². The van der Waals surface area contributed by atoms with Crippen LogP contribution in [0.1, 0.15) is 12.0 Å². The zero-order valence-corrected chi connectivity index (χ0v) is 11.2. The number of β-amino-alcohol motifs (C(OH)–C–C–N with tert-alkyl or cyclic N) is 1. The molecule has 1 saturated heterocycles. The van der Waals surface area contributed by atoms with Gasteiger partial charge in [0.2, 0.25) is 0 Å². The van der Waals surface area contributed by atoms with Gasteiger partial charge in [-0.3, -0.25) is 4.90 Å². The minimum atomic E-state index is -2.82. The highest BCUT2D eigenvalue weighted by Gasteiger charge is 2.20. The number of hydrogen-bond acceptors (Lipinski definition) is 3. The lowest BCUT2D eigenvalue weighted by molar-refractivity contribution is -0.0503. The molecule has 0 bridgehead atoms. The van der Waals surface area contributed by atoms with Gasteiger partial charge in [0.15, 0.2) is 0 Å². The van der Waals surface area contributed by atoms with Gasteiger partial charge in [-0.15, -0.1) is 0 Å². The summed E-state index contributed by atoms with van der Waals surface area (Å²) in [6.45, 7) is -0.605. The molecule has 1 heterocycles. The predicted molar refractivity (Wildman–Crippen MR) is 66.7 cm³/mol. The Hall–Kier alpha value is -0.720. The summed E-state index contributed by atoms with van der Waals surface area (Å²) in [5, 5.41) is 9.42. The van der Waals surface area contributed by atoms with Gasteiger partial charge in [-0.2, -0.15) is 8.78 Å². The summed E-state index contributed by atoms with van der Waals surface area (Å²) in [6, 6.07) is 5.05. The summed E-state index contributed by atoms with van der Waals surface area (Å²) in [4.78, 5) is 2.13. The van der Waals surface area contributed by atoms with E-state index in [0.717, 1.165) is 18.5 Å². The van der Waals surface area contributed by atoms with E-state index < -0.39 is 6.61 Å². The van der Waals surface area contributed by atoms with Crippen molar-refractivity contribution in [3.63, 3.8) is 0 Å². The number of aliphatic hydroxyl groups is 1. The van der Waals surface area contributed by atoms with E-state index in [4.69, 9.17) is 0 Å². The Morgan fingerprint density at radius 2 is 2.28 bits per heavy atom. The molecule has 1 fully saturated rings. The second-order valence-corrected chi connectivity index (χ2v) is 5.18. The Bertz CT molecular complexity index is 417. The molecule has 2 rings (SSSR count). The maximum Gasteiger partial charge on any atom is 0.387 e. The maximum absolute atomic E-state index is 12.1. The Labute approximate surface area is 112 Å². The SMILES string of the molecule is O[C@H]1CCN(Cc2ccc(OC(F)F)c(Br)c2)C1. The van der Waals surface area contributed by atoms with E-state index in [9.17, 15) is 13.9 Å². The van der Waals surface area contributed by atoms with Crippen molar-refractivity contribution in [2.24, 2.45) is 0 Å². The van der Waals surface area contributed by atoms with E-state index in [2.05, 4.69) is 25.6 Å². The standard InChI is InChI=1S/C12H14BrF2NO2/c13-10-5-8(1-2-11(10)18-12(14)15)6-16-4-3-9(17)7-16/h1-2,5,9,12,17H,3-4,6-7H2/t9-/m0/s1. The average molecular weight is 322 g/mol. The van der Waals surface area contributed by atoms with Crippen molar-refractivity contribution < 1.29 is 18.6 Å². The lowest BCUT2D eigenvalue weighted by atomic mass is 10.2. The summed E-state index contributed by atoms with van der Waals surface area (Å²) in [7, 11) is 0. The van der Waals surface area contributed by atoms with Gasteiger partial charge < -0.3 is 9.84 Å². The molecule has 1 aliphatic heterocycles. The van der Waals surface area contributed by atoms with Crippen LogP contribution in [0.15, 0.2) is 22.7 Å². The fourth-order valence-electron chi connectivity index (χ4n) is 2.05. The minimum Gasteiger partial charge on any atom is -0.434 e. The molecule has 1 aromatic carbocycles. The summed E-state index contributed by atoms with van der Waals surface area (Å²) in [5.41, 5.74) is 0.998. The fourth-order valence-corrected chi connectivity index (χ4v) is 2.57. The summed E-state index contributed by atoms with van der Waals surface area (Å²) in [6.07, 6.45) is 0.531. The van der Waals surface area contributed by atoms with Crippen LogP contribution in [0.25, 0.3) is 0 Å². The number of ether oxygens (including phenoxy) is 1. The topological polar surface area (TPSA) is 32.7 Å². The summed E-state index contributed by atoms with van der Waals surface area (Å²) >= 11 is 3.21. The number of halogens is 3. The molecule has 0 aliphatic carbocycles. The lowest BCUT2D eigenvalue weighted by Gasteiger charge is -2.15. The number of nitrogens with zero attached hydrogens (tertiary/aromatic N) is 1. The van der Waals surface area contributed by atoms with E-state index in [1.807, 2.05) is 0 Å². The van der Waals surface area contributed by atoms with E-state index in [0.29, 0.717) is 17.6 Å². The van der Waals surface area contributed by atoms with Crippen molar-refractivity contribution in [1.29, 1.82) is 0 Å². The molecule has 1 aliphatic rings. The second kappa shape index (κ2) is 5.95. The zero-order valence-electron chi connectivity index (χ0n) is 9.65. The van der Waals surface area contributed by atoms with Crippen molar-refractivity contribution in [3.05, 3.63) is 28.2 Å². The molecule has 1 N–H and O–H groups in total. The number of aliphatic hydroxyl groups excluding tert-OH is 1. The fraction of sp³-hybridized carbons (Fsp3) is 0.500. The van der Waals surface area contributed by atoms with Crippen LogP contribution >= 0.6 is 15.9 Å². The Morgan fingerprint density at radius 3 is 2.83 bits per heavy atom. The van der Waals surface area contributed by atoms with Crippen molar-refractivity contribution in [2.75, 3.05) is 13.1 Å². The molecule has 3 nitrogen and oxygen atoms in total. The first-order valence-electron chi connectivity index (χ1n) is 5.68. The van der Waals surface area contributed by atoms with Crippen molar-refractivity contribution >= 4 is 15.9 Å². The third-order valence-corrected chi connectivity index (χ3v) is 3.49. The third kappa shape index (κ3) is 3.63. The highest BCUT2D eigenvalue weighted by molar-refractivity contribution is 9.10. The molecule has 0 spiro atoms. The zero-order chi connectivity index (χ0) is 13.1. The van der Waals surface area contributed by atoms with Gasteiger partial charge in [0.1, 0.15) is 5.75 Å². The first kappa shape index (κ1) is 13.7. The number of benzene rings is 1. The Morgan fingerprint density at radius 1 is 1.50 bits per heavy atom. The first-order chi connectivity index (χ1) is 8.54. The maximum atomic E-state index is 12.1. The van der Waals surface area contributed by atoms with Gasteiger partial charge in [0.25, 0.3) is 0 Å². The van der Waals surface area contributed by atoms with Crippen molar-refractivity contribution in [3.8, 4) is 5.75 Å². The van der Waals surface area contributed by atoms with Gasteiger partial charge in [-0.1, -0.05) is 6.07 Å². The van der Waals surface area contributed by atoms with Gasteiger partial charge in [-0.05, 0) is 40.0 Å². The molecule has 0 amide bonds. The predicted octanol–water partition coefficient (Wildman–Crippen LogP) is 2.62. The number of alkyl halides is 2. The second-order valence-electron chi connectivity index (χ2n) is 4.32. The molecule has 100 valence electrons. The monoisotopic (exact) mass is 321 g/mol. The number of rotatable bonds is 4. The van der Waals surface area contributed by atoms with Crippen LogP contribution in [0, 0.1) is 0 Å². The molecule has 0 radical (unpaired) electrons. The minimum absolute atomic E-state index is 0.134. The van der Waals surface area contributed by atoms with Crippen LogP contribution in [-0.2, 0) is 6.54 Å². The molecule has 1 atom stereocenters. The average Bonchev–Trinajstić information content (AvgIpc) is 2.68. The van der Waals surface area contributed by atoms with Crippen LogP contribution in [-0.4, -0.2) is 35.8 Å². The van der Waals surface area contributed by atoms with Crippen LogP contribution in [0.2, 0.25) is 0 Å². The largest absolute Gasteiger partial charge is 0.434 e. The Balaban J connectivity index is 2.00. The molecule has 0 saturated carbocycles. The normalized spacial score (nSPS) is 20.6. The first-order valence-corrected chi connectivity index (χ1v) is 6.47. The molecule has 0 aromatic heterocycles. The Kier molecular flexibility index (Phi) is 4.53. The molecule has 18 heavy (non-hydrogen) atoms. The van der Waals surface area contributed by atoms with Crippen LogP contribution < -0.4 is 4.74 Å². The molecule has 0 unspecified atom stereocenters. The van der Waals surface area contributed by atoms with Crippen molar-refractivity contribution in [2.45, 2.75) is 25.7 Å². The summed E-state index contributed by atoms with van der Waals surface area (Å²) < 4.78 is 29.1. The smallest absolute Gasteiger partial charge is 0.387 e. The third-order valence-electron chi connectivity index (χ3n) is 2.87. The highest BCUT2D eigenvalue weighted by Crippen LogP contribution is 2.28. The van der Waals surface area contributed by atoms with E-state index in [1.54, 1.807) is 12.1 Å². The van der Waals surface area contributed by atoms with Gasteiger partial charge in [-0.25, -0.2) is 0 Å². The highest BCUT2D eigenvalue weighted by atomic mass is 79.9. The van der Waals surface area contributed by atoms with E-state index >= 15 is 0 Å². The molecular weight excluding hydrogens is 308 g/mol. The molecule has 1 aromatic rings. The summed E-state index contributed by atoms with van der Waals surface area (Å²) in [5.74, 6) is 0.134. The van der Waals surface area contributed by atoms with Crippen LogP contribution in [0.3, 0.4) is 0 Å². The van der Waals surface area contributed by atoms with Crippen LogP contribution in [0.5, 0.6) is 5.75 Å². The quantitative estimate of drug-likeness (QED) is 0.925. The number of likely N-dealkylation sites (tertiary alicyclic amines) is 1. The number of hydrogen-bond donors (Lipinski definition) is 1. The molecule has 6 heteroatoms.